The summed E-state index contributed by atoms with van der Waals surface area (Å²) < 4.78 is 5.62. The molecule has 0 radical (unpaired) electrons. The van der Waals surface area contributed by atoms with Crippen molar-refractivity contribution >= 4 is 39.6 Å². The zero-order valence-corrected chi connectivity index (χ0v) is 17.5. The summed E-state index contributed by atoms with van der Waals surface area (Å²) in [5.41, 5.74) is 2.87. The highest BCUT2D eigenvalue weighted by atomic mass is 32.1. The van der Waals surface area contributed by atoms with Gasteiger partial charge in [-0.15, -0.1) is 22.7 Å². The number of hydrogen-bond acceptors (Lipinski definition) is 6. The van der Waals surface area contributed by atoms with Gasteiger partial charge in [-0.05, 0) is 43.2 Å². The lowest BCUT2D eigenvalue weighted by Gasteiger charge is -2.09. The minimum Gasteiger partial charge on any atom is -0.483 e. The van der Waals surface area contributed by atoms with Crippen LogP contribution in [0.25, 0.3) is 10.6 Å². The fourth-order valence-electron chi connectivity index (χ4n) is 2.43. The second-order valence-corrected chi connectivity index (χ2v) is 8.35. The molecule has 0 fully saturated rings. The Bertz CT molecular complexity index is 994. The lowest BCUT2D eigenvalue weighted by Crippen LogP contribution is -2.20. The first-order valence-electron chi connectivity index (χ1n) is 8.69. The number of anilines is 1. The molecule has 0 saturated carbocycles. The summed E-state index contributed by atoms with van der Waals surface area (Å²) in [6.45, 7) is 5.85. The molecule has 28 heavy (non-hydrogen) atoms. The Morgan fingerprint density at radius 1 is 1.18 bits per heavy atom. The predicted molar refractivity (Wildman–Crippen MR) is 113 cm³/mol. The first-order chi connectivity index (χ1) is 13.4. The van der Waals surface area contributed by atoms with Crippen molar-refractivity contribution in [3.63, 3.8) is 0 Å². The maximum atomic E-state index is 12.2. The zero-order valence-electron chi connectivity index (χ0n) is 15.9. The van der Waals surface area contributed by atoms with Crippen molar-refractivity contribution < 1.29 is 14.3 Å². The van der Waals surface area contributed by atoms with E-state index in [4.69, 9.17) is 4.74 Å². The summed E-state index contributed by atoms with van der Waals surface area (Å²) in [7, 11) is 0. The molecule has 0 aliphatic carbocycles. The summed E-state index contributed by atoms with van der Waals surface area (Å²) in [6.07, 6.45) is 0. The highest BCUT2D eigenvalue weighted by molar-refractivity contribution is 7.17. The maximum absolute atomic E-state index is 12.2. The fourth-order valence-corrected chi connectivity index (χ4v) is 4.14. The Hall–Kier alpha value is -2.71. The monoisotopic (exact) mass is 415 g/mol. The fraction of sp³-hybridized carbons (Fsp3) is 0.250. The molecule has 2 heterocycles. The van der Waals surface area contributed by atoms with Crippen LogP contribution >= 0.6 is 22.7 Å². The molecular formula is C20H21N3O3S2. The van der Waals surface area contributed by atoms with Gasteiger partial charge in [0.05, 0.1) is 17.1 Å². The van der Waals surface area contributed by atoms with E-state index < -0.39 is 0 Å². The second kappa shape index (κ2) is 8.99. The molecule has 8 heteroatoms. The van der Waals surface area contributed by atoms with Gasteiger partial charge in [-0.2, -0.15) is 0 Å². The van der Waals surface area contributed by atoms with E-state index in [1.807, 2.05) is 49.6 Å². The van der Waals surface area contributed by atoms with Gasteiger partial charge in [-0.1, -0.05) is 12.1 Å². The number of benzene rings is 1. The molecule has 0 unspecified atom stereocenters. The SMILES string of the molecule is CC(=O)NCc1ccc(-c2csc(NC(=O)COc3cc(C)ccc3C)n2)s1. The first kappa shape index (κ1) is 20.0. The Balaban J connectivity index is 1.56. The van der Waals surface area contributed by atoms with Gasteiger partial charge in [0.25, 0.3) is 5.91 Å². The van der Waals surface area contributed by atoms with E-state index in [9.17, 15) is 9.59 Å². The molecule has 2 amide bonds. The average molecular weight is 416 g/mol. The van der Waals surface area contributed by atoms with Gasteiger partial charge in [-0.3, -0.25) is 14.9 Å². The molecule has 1 aromatic carbocycles. The molecule has 0 aliphatic rings. The second-order valence-electron chi connectivity index (χ2n) is 6.32. The van der Waals surface area contributed by atoms with Crippen LogP contribution in [0.4, 0.5) is 5.13 Å². The highest BCUT2D eigenvalue weighted by Crippen LogP contribution is 2.30. The van der Waals surface area contributed by atoms with E-state index in [1.54, 1.807) is 11.3 Å². The predicted octanol–water partition coefficient (Wildman–Crippen LogP) is 4.14. The number of thiazole rings is 1. The van der Waals surface area contributed by atoms with Gasteiger partial charge in [0.2, 0.25) is 5.91 Å². The normalized spacial score (nSPS) is 10.5. The van der Waals surface area contributed by atoms with Crippen LogP contribution in [0, 0.1) is 13.8 Å². The van der Waals surface area contributed by atoms with Crippen LogP contribution in [-0.4, -0.2) is 23.4 Å². The van der Waals surface area contributed by atoms with Crippen molar-refractivity contribution in [1.82, 2.24) is 10.3 Å². The highest BCUT2D eigenvalue weighted by Gasteiger charge is 2.11. The lowest BCUT2D eigenvalue weighted by atomic mass is 10.1. The standard InChI is InChI=1S/C20H21N3O3S2/c1-12-4-5-13(2)17(8-12)26-10-19(25)23-20-22-16(11-27-20)18-7-6-15(28-18)9-21-14(3)24/h4-8,11H,9-10H2,1-3H3,(H,21,24)(H,22,23,25). The van der Waals surface area contributed by atoms with Gasteiger partial charge in [-0.25, -0.2) is 4.98 Å². The summed E-state index contributed by atoms with van der Waals surface area (Å²) in [5, 5.41) is 7.98. The maximum Gasteiger partial charge on any atom is 0.264 e. The number of aromatic nitrogens is 1. The minimum absolute atomic E-state index is 0.0586. The molecule has 3 rings (SSSR count). The van der Waals surface area contributed by atoms with Crippen LogP contribution in [0.3, 0.4) is 0 Å². The Kier molecular flexibility index (Phi) is 6.43. The van der Waals surface area contributed by atoms with Crippen LogP contribution in [0.5, 0.6) is 5.75 Å². The molecule has 0 atom stereocenters. The number of nitrogens with one attached hydrogen (secondary N) is 2. The first-order valence-corrected chi connectivity index (χ1v) is 10.4. The van der Waals surface area contributed by atoms with E-state index in [-0.39, 0.29) is 18.4 Å². The molecule has 2 N–H and O–H groups in total. The van der Waals surface area contributed by atoms with Gasteiger partial charge >= 0.3 is 0 Å². The third-order valence-corrected chi connectivity index (χ3v) is 5.74. The molecule has 0 saturated heterocycles. The number of thiophene rings is 1. The summed E-state index contributed by atoms with van der Waals surface area (Å²) in [4.78, 5) is 29.7. The summed E-state index contributed by atoms with van der Waals surface area (Å²) in [5.74, 6) is 0.399. The largest absolute Gasteiger partial charge is 0.483 e. The molecular weight excluding hydrogens is 394 g/mol. The smallest absolute Gasteiger partial charge is 0.264 e. The number of aryl methyl sites for hydroxylation is 2. The van der Waals surface area contributed by atoms with Crippen LogP contribution in [-0.2, 0) is 16.1 Å². The van der Waals surface area contributed by atoms with E-state index in [1.165, 1.54) is 18.3 Å². The quantitative estimate of drug-likeness (QED) is 0.608. The molecule has 0 bridgehead atoms. The van der Waals surface area contributed by atoms with E-state index in [2.05, 4.69) is 15.6 Å². The topological polar surface area (TPSA) is 80.3 Å². The van der Waals surface area contributed by atoms with Crippen molar-refractivity contribution in [3.05, 3.63) is 51.7 Å². The number of amides is 2. The Morgan fingerprint density at radius 3 is 2.79 bits per heavy atom. The number of ether oxygens (including phenoxy) is 1. The lowest BCUT2D eigenvalue weighted by molar-refractivity contribution is -0.119. The number of rotatable bonds is 7. The molecule has 0 aliphatic heterocycles. The van der Waals surface area contributed by atoms with Crippen molar-refractivity contribution in [2.24, 2.45) is 0 Å². The van der Waals surface area contributed by atoms with Gasteiger partial charge in [0.15, 0.2) is 11.7 Å². The van der Waals surface area contributed by atoms with E-state index >= 15 is 0 Å². The molecule has 2 aromatic heterocycles. The zero-order chi connectivity index (χ0) is 20.1. The van der Waals surface area contributed by atoms with E-state index in [0.29, 0.717) is 17.4 Å². The Morgan fingerprint density at radius 2 is 2.00 bits per heavy atom. The summed E-state index contributed by atoms with van der Waals surface area (Å²) in [6, 6.07) is 9.82. The number of nitrogens with zero attached hydrogens (tertiary/aromatic N) is 1. The third-order valence-electron chi connectivity index (χ3n) is 3.88. The summed E-state index contributed by atoms with van der Waals surface area (Å²) >= 11 is 2.93. The van der Waals surface area contributed by atoms with Crippen molar-refractivity contribution in [1.29, 1.82) is 0 Å². The average Bonchev–Trinajstić information content (AvgIpc) is 3.30. The van der Waals surface area contributed by atoms with Crippen LogP contribution in [0.15, 0.2) is 35.7 Å². The molecule has 146 valence electrons. The van der Waals surface area contributed by atoms with Crippen molar-refractivity contribution in [2.75, 3.05) is 11.9 Å². The molecule has 0 spiro atoms. The number of carbonyl (C=O) groups excluding carboxylic acids is 2. The Labute approximate surface area is 171 Å². The number of hydrogen-bond donors (Lipinski definition) is 2. The number of carbonyl (C=O) groups is 2. The van der Waals surface area contributed by atoms with Crippen LogP contribution in [0.1, 0.15) is 22.9 Å². The van der Waals surface area contributed by atoms with Crippen LogP contribution < -0.4 is 15.4 Å². The van der Waals surface area contributed by atoms with Gasteiger partial charge < -0.3 is 10.1 Å². The van der Waals surface area contributed by atoms with Gasteiger partial charge in [0.1, 0.15) is 5.75 Å². The molecule has 6 nitrogen and oxygen atoms in total. The van der Waals surface area contributed by atoms with Crippen molar-refractivity contribution in [2.45, 2.75) is 27.3 Å². The van der Waals surface area contributed by atoms with Crippen LogP contribution in [0.2, 0.25) is 0 Å². The van der Waals surface area contributed by atoms with Gasteiger partial charge in [0, 0.05) is 17.2 Å². The third kappa shape index (κ3) is 5.40. The van der Waals surface area contributed by atoms with E-state index in [0.717, 1.165) is 26.6 Å². The van der Waals surface area contributed by atoms with Crippen molar-refractivity contribution in [3.8, 4) is 16.3 Å². The molecule has 3 aromatic rings. The minimum atomic E-state index is -0.251.